The van der Waals surface area contributed by atoms with Gasteiger partial charge in [0.1, 0.15) is 5.60 Å². The Kier molecular flexibility index (Phi) is 5.90. The molecule has 1 aliphatic heterocycles. The minimum atomic E-state index is -0.997. The molecule has 2 amide bonds. The van der Waals surface area contributed by atoms with Gasteiger partial charge in [-0.1, -0.05) is 5.16 Å². The Hall–Kier alpha value is -3.63. The van der Waals surface area contributed by atoms with Gasteiger partial charge in [-0.15, -0.1) is 0 Å². The topological polar surface area (TPSA) is 144 Å². The van der Waals surface area contributed by atoms with Crippen molar-refractivity contribution >= 4 is 23.7 Å². The molecule has 3 rings (SSSR count). The van der Waals surface area contributed by atoms with E-state index in [2.05, 4.69) is 20.0 Å². The molecule has 1 unspecified atom stereocenters. The highest BCUT2D eigenvalue weighted by atomic mass is 16.6. The summed E-state index contributed by atoms with van der Waals surface area (Å²) in [6, 6.07) is 6.55. The number of ether oxygens (including phenoxy) is 2. The van der Waals surface area contributed by atoms with Crippen molar-refractivity contribution in [2.75, 3.05) is 18.0 Å². The number of hydrogen-bond donors (Lipinski definition) is 2. The molecule has 11 heteroatoms. The van der Waals surface area contributed by atoms with E-state index in [1.54, 1.807) is 45.0 Å². The van der Waals surface area contributed by atoms with E-state index in [0.29, 0.717) is 11.3 Å². The van der Waals surface area contributed by atoms with Gasteiger partial charge in [0.25, 0.3) is 5.91 Å². The number of benzene rings is 1. The first-order valence-corrected chi connectivity index (χ1v) is 9.26. The maximum atomic E-state index is 12.3. The Balaban J connectivity index is 1.53. The van der Waals surface area contributed by atoms with E-state index < -0.39 is 35.4 Å². The zero-order chi connectivity index (χ0) is 21.9. The molecular weight excluding hydrogens is 396 g/mol. The molecule has 160 valence electrons. The molecule has 1 aromatic heterocycles. The van der Waals surface area contributed by atoms with Gasteiger partial charge in [0.15, 0.2) is 11.9 Å². The summed E-state index contributed by atoms with van der Waals surface area (Å²) in [4.78, 5) is 50.9. The molecular formula is C19H22N4O7. The SMILES string of the molecule is CC(C)(C)OC(=O)CCNC(=O)C1CN(c2ccc(-c3noc(=O)[nH]3)cc2)C(=O)O1. The lowest BCUT2D eigenvalue weighted by Crippen LogP contribution is -2.38. The van der Waals surface area contributed by atoms with Crippen LogP contribution in [0.25, 0.3) is 11.4 Å². The predicted molar refractivity (Wildman–Crippen MR) is 104 cm³/mol. The number of amides is 2. The van der Waals surface area contributed by atoms with Crippen molar-refractivity contribution in [3.63, 3.8) is 0 Å². The first kappa shape index (κ1) is 21.1. The molecule has 0 saturated carbocycles. The number of carbonyl (C=O) groups is 3. The van der Waals surface area contributed by atoms with Gasteiger partial charge in [0.05, 0.1) is 13.0 Å². The number of anilines is 1. The predicted octanol–water partition coefficient (Wildman–Crippen LogP) is 1.20. The van der Waals surface area contributed by atoms with Crippen LogP contribution in [0.2, 0.25) is 0 Å². The number of cyclic esters (lactones) is 1. The lowest BCUT2D eigenvalue weighted by Gasteiger charge is -2.19. The van der Waals surface area contributed by atoms with Gasteiger partial charge in [0.2, 0.25) is 0 Å². The van der Waals surface area contributed by atoms with Crippen molar-refractivity contribution < 1.29 is 28.4 Å². The normalized spacial score (nSPS) is 16.3. The molecule has 0 bridgehead atoms. The fraction of sp³-hybridized carbons (Fsp3) is 0.421. The Bertz CT molecular complexity index is 987. The summed E-state index contributed by atoms with van der Waals surface area (Å²) in [6.45, 7) is 5.37. The minimum Gasteiger partial charge on any atom is -0.460 e. The number of aromatic amines is 1. The second kappa shape index (κ2) is 8.39. The third-order valence-corrected chi connectivity index (χ3v) is 4.05. The van der Waals surface area contributed by atoms with Gasteiger partial charge in [-0.05, 0) is 45.0 Å². The van der Waals surface area contributed by atoms with Crippen LogP contribution in [0.15, 0.2) is 33.6 Å². The highest BCUT2D eigenvalue weighted by Gasteiger charge is 2.37. The summed E-state index contributed by atoms with van der Waals surface area (Å²) in [7, 11) is 0. The molecule has 0 spiro atoms. The molecule has 1 atom stereocenters. The lowest BCUT2D eigenvalue weighted by atomic mass is 10.2. The van der Waals surface area contributed by atoms with Gasteiger partial charge >= 0.3 is 17.8 Å². The van der Waals surface area contributed by atoms with Gasteiger partial charge < -0.3 is 14.8 Å². The third kappa shape index (κ3) is 5.25. The standard InChI is InChI=1S/C19H22N4O7/c1-19(2,3)29-14(24)8-9-20-16(25)13-10-23(18(27)28-13)12-6-4-11(5-7-12)15-21-17(26)30-22-15/h4-7,13H,8-10H2,1-3H3,(H,20,25)(H,21,22,26). The summed E-state index contributed by atoms with van der Waals surface area (Å²) in [6.07, 6.45) is -1.65. The number of H-pyrrole nitrogens is 1. The Morgan fingerprint density at radius 1 is 1.27 bits per heavy atom. The van der Waals surface area contributed by atoms with Crippen molar-refractivity contribution in [2.45, 2.75) is 38.9 Å². The molecule has 2 aromatic rings. The molecule has 1 aliphatic rings. The number of hydrogen-bond acceptors (Lipinski definition) is 8. The van der Waals surface area contributed by atoms with E-state index in [9.17, 15) is 19.2 Å². The number of aromatic nitrogens is 2. The Morgan fingerprint density at radius 2 is 1.97 bits per heavy atom. The van der Waals surface area contributed by atoms with Crippen LogP contribution in [0.5, 0.6) is 0 Å². The van der Waals surface area contributed by atoms with Crippen molar-refractivity contribution in [1.82, 2.24) is 15.5 Å². The molecule has 2 heterocycles. The van der Waals surface area contributed by atoms with E-state index >= 15 is 0 Å². The first-order valence-electron chi connectivity index (χ1n) is 9.26. The second-order valence-electron chi connectivity index (χ2n) is 7.60. The van der Waals surface area contributed by atoms with E-state index in [0.717, 1.165) is 0 Å². The summed E-state index contributed by atoms with van der Waals surface area (Å²) in [5, 5.41) is 6.16. The average molecular weight is 418 g/mol. The highest BCUT2D eigenvalue weighted by Crippen LogP contribution is 2.24. The molecule has 2 N–H and O–H groups in total. The van der Waals surface area contributed by atoms with Crippen molar-refractivity contribution in [2.24, 2.45) is 0 Å². The van der Waals surface area contributed by atoms with Crippen molar-refractivity contribution in [1.29, 1.82) is 0 Å². The quantitative estimate of drug-likeness (QED) is 0.666. The smallest absolute Gasteiger partial charge is 0.439 e. The van der Waals surface area contributed by atoms with Gasteiger partial charge in [-0.25, -0.2) is 9.59 Å². The number of rotatable bonds is 6. The zero-order valence-electron chi connectivity index (χ0n) is 16.8. The number of esters is 1. The Labute approximate surface area is 171 Å². The van der Waals surface area contributed by atoms with Crippen LogP contribution in [0.1, 0.15) is 27.2 Å². The first-order chi connectivity index (χ1) is 14.1. The molecule has 0 aliphatic carbocycles. The molecule has 1 saturated heterocycles. The van der Waals surface area contributed by atoms with Crippen molar-refractivity contribution in [3.05, 3.63) is 34.8 Å². The largest absolute Gasteiger partial charge is 0.460 e. The van der Waals surface area contributed by atoms with E-state index in [1.165, 1.54) is 4.90 Å². The van der Waals surface area contributed by atoms with Crippen LogP contribution in [0.3, 0.4) is 0 Å². The average Bonchev–Trinajstić information content (AvgIpc) is 3.26. The fourth-order valence-electron chi connectivity index (χ4n) is 2.76. The maximum Gasteiger partial charge on any atom is 0.439 e. The maximum absolute atomic E-state index is 12.3. The minimum absolute atomic E-state index is 0.0129. The zero-order valence-corrected chi connectivity index (χ0v) is 16.8. The van der Waals surface area contributed by atoms with Crippen LogP contribution in [0, 0.1) is 0 Å². The summed E-state index contributed by atoms with van der Waals surface area (Å²) in [5.41, 5.74) is 0.508. The monoisotopic (exact) mass is 418 g/mol. The molecule has 1 aromatic carbocycles. The van der Waals surface area contributed by atoms with Gasteiger partial charge in [-0.2, -0.15) is 0 Å². The fourth-order valence-corrected chi connectivity index (χ4v) is 2.76. The van der Waals surface area contributed by atoms with E-state index in [-0.39, 0.29) is 25.3 Å². The summed E-state index contributed by atoms with van der Waals surface area (Å²) in [5.74, 6) is -1.33. The molecule has 30 heavy (non-hydrogen) atoms. The molecule has 0 radical (unpaired) electrons. The number of nitrogens with zero attached hydrogens (tertiary/aromatic N) is 2. The van der Waals surface area contributed by atoms with Crippen LogP contribution in [0.4, 0.5) is 10.5 Å². The second-order valence-corrected chi connectivity index (χ2v) is 7.60. The van der Waals surface area contributed by atoms with E-state index in [1.807, 2.05) is 0 Å². The third-order valence-electron chi connectivity index (χ3n) is 4.05. The number of nitrogens with one attached hydrogen (secondary N) is 2. The summed E-state index contributed by atoms with van der Waals surface area (Å²) < 4.78 is 14.8. The van der Waals surface area contributed by atoms with Crippen molar-refractivity contribution in [3.8, 4) is 11.4 Å². The van der Waals surface area contributed by atoms with Crippen LogP contribution < -0.4 is 16.0 Å². The van der Waals surface area contributed by atoms with Gasteiger partial charge in [-0.3, -0.25) is 24.0 Å². The highest BCUT2D eigenvalue weighted by molar-refractivity contribution is 5.95. The molecule has 11 nitrogen and oxygen atoms in total. The van der Waals surface area contributed by atoms with Crippen LogP contribution >= 0.6 is 0 Å². The van der Waals surface area contributed by atoms with E-state index in [4.69, 9.17) is 9.47 Å². The van der Waals surface area contributed by atoms with Gasteiger partial charge in [0, 0.05) is 17.8 Å². The number of carbonyl (C=O) groups excluding carboxylic acids is 3. The Morgan fingerprint density at radius 3 is 2.57 bits per heavy atom. The lowest BCUT2D eigenvalue weighted by molar-refractivity contribution is -0.154. The molecule has 1 fully saturated rings. The summed E-state index contributed by atoms with van der Waals surface area (Å²) >= 11 is 0. The van der Waals surface area contributed by atoms with Crippen LogP contribution in [-0.2, 0) is 19.1 Å². The van der Waals surface area contributed by atoms with Crippen LogP contribution in [-0.4, -0.2) is 52.9 Å².